The Kier molecular flexibility index (Phi) is 5.33. The lowest BCUT2D eigenvalue weighted by atomic mass is 10.0. The maximum Gasteiger partial charge on any atom is 0.229 e. The third-order valence-electron chi connectivity index (χ3n) is 4.81. The second-order valence-electron chi connectivity index (χ2n) is 7.10. The Morgan fingerprint density at radius 3 is 2.50 bits per heavy atom. The number of nitrogens with zero attached hydrogens (tertiary/aromatic N) is 1. The summed E-state index contributed by atoms with van der Waals surface area (Å²) in [5, 5.41) is 3.47. The molecule has 1 fully saturated rings. The molecule has 1 unspecified atom stereocenters. The number of rotatable bonds is 4. The van der Waals surface area contributed by atoms with E-state index in [9.17, 15) is 9.59 Å². The molecular weight excluding hydrogens is 348 g/mol. The standard InChI is InChI=1S/C21H23ClN2O2/c1-13(2)15-5-8-18(9-6-15)24-12-16(10-20(24)25)21(26)23-17-7-4-14(3)19(22)11-17/h4-9,11,13,16H,10,12H2,1-3H3,(H,23,26). The van der Waals surface area contributed by atoms with Crippen LogP contribution < -0.4 is 10.2 Å². The number of hydrogen-bond acceptors (Lipinski definition) is 2. The van der Waals surface area contributed by atoms with Crippen molar-refractivity contribution < 1.29 is 9.59 Å². The highest BCUT2D eigenvalue weighted by atomic mass is 35.5. The summed E-state index contributed by atoms with van der Waals surface area (Å²) in [7, 11) is 0. The van der Waals surface area contributed by atoms with Gasteiger partial charge in [0, 0.05) is 29.4 Å². The number of nitrogens with one attached hydrogen (secondary N) is 1. The molecule has 2 aromatic rings. The first-order valence-electron chi connectivity index (χ1n) is 8.82. The fourth-order valence-corrected chi connectivity index (χ4v) is 3.27. The molecule has 5 heteroatoms. The Hall–Kier alpha value is -2.33. The van der Waals surface area contributed by atoms with Gasteiger partial charge in [0.05, 0.1) is 5.92 Å². The summed E-state index contributed by atoms with van der Waals surface area (Å²) >= 11 is 6.10. The maximum absolute atomic E-state index is 12.5. The molecule has 1 aliphatic heterocycles. The lowest BCUT2D eigenvalue weighted by Gasteiger charge is -2.18. The molecule has 0 aromatic heterocycles. The number of hydrogen-bond donors (Lipinski definition) is 1. The number of carbonyl (C=O) groups is 2. The zero-order valence-corrected chi connectivity index (χ0v) is 16.0. The van der Waals surface area contributed by atoms with Crippen LogP contribution in [0.3, 0.4) is 0 Å². The highest BCUT2D eigenvalue weighted by molar-refractivity contribution is 6.31. The molecule has 3 rings (SSSR count). The van der Waals surface area contributed by atoms with Crippen LogP contribution in [-0.4, -0.2) is 18.4 Å². The van der Waals surface area contributed by atoms with Crippen molar-refractivity contribution in [2.75, 3.05) is 16.8 Å². The fraction of sp³-hybridized carbons (Fsp3) is 0.333. The van der Waals surface area contributed by atoms with Gasteiger partial charge in [-0.25, -0.2) is 0 Å². The van der Waals surface area contributed by atoms with Crippen LogP contribution in [0.1, 0.15) is 37.3 Å². The van der Waals surface area contributed by atoms with Gasteiger partial charge in [-0.3, -0.25) is 9.59 Å². The molecule has 136 valence electrons. The van der Waals surface area contributed by atoms with Gasteiger partial charge in [0.2, 0.25) is 11.8 Å². The van der Waals surface area contributed by atoms with Crippen molar-refractivity contribution in [3.8, 4) is 0 Å². The maximum atomic E-state index is 12.5. The van der Waals surface area contributed by atoms with Crippen LogP contribution in [0.4, 0.5) is 11.4 Å². The summed E-state index contributed by atoms with van der Waals surface area (Å²) in [6.07, 6.45) is 0.220. The lowest BCUT2D eigenvalue weighted by molar-refractivity contribution is -0.122. The monoisotopic (exact) mass is 370 g/mol. The third-order valence-corrected chi connectivity index (χ3v) is 5.21. The number of carbonyl (C=O) groups excluding carboxylic acids is 2. The predicted molar refractivity (Wildman–Crippen MR) is 106 cm³/mol. The number of benzene rings is 2. The zero-order valence-electron chi connectivity index (χ0n) is 15.3. The van der Waals surface area contributed by atoms with Crippen molar-refractivity contribution in [1.82, 2.24) is 0 Å². The zero-order chi connectivity index (χ0) is 18.8. The number of aryl methyl sites for hydroxylation is 1. The van der Waals surface area contributed by atoms with Crippen LogP contribution in [0.2, 0.25) is 5.02 Å². The van der Waals surface area contributed by atoms with Crippen molar-refractivity contribution in [3.05, 3.63) is 58.6 Å². The molecule has 0 aliphatic carbocycles. The Morgan fingerprint density at radius 1 is 1.19 bits per heavy atom. The molecule has 1 saturated heterocycles. The highest BCUT2D eigenvalue weighted by Crippen LogP contribution is 2.28. The summed E-state index contributed by atoms with van der Waals surface area (Å²) in [6.45, 7) is 6.57. The highest BCUT2D eigenvalue weighted by Gasteiger charge is 2.35. The van der Waals surface area contributed by atoms with Gasteiger partial charge in [0.15, 0.2) is 0 Å². The number of amides is 2. The second-order valence-corrected chi connectivity index (χ2v) is 7.51. The van der Waals surface area contributed by atoms with E-state index in [1.54, 1.807) is 11.0 Å². The first-order chi connectivity index (χ1) is 12.3. The van der Waals surface area contributed by atoms with Crippen molar-refractivity contribution >= 4 is 34.8 Å². The van der Waals surface area contributed by atoms with Crippen LogP contribution in [0.15, 0.2) is 42.5 Å². The van der Waals surface area contributed by atoms with Crippen LogP contribution in [0.5, 0.6) is 0 Å². The van der Waals surface area contributed by atoms with Gasteiger partial charge in [-0.15, -0.1) is 0 Å². The van der Waals surface area contributed by atoms with Crippen molar-refractivity contribution in [2.45, 2.75) is 33.1 Å². The van der Waals surface area contributed by atoms with Crippen molar-refractivity contribution in [2.24, 2.45) is 5.92 Å². The van der Waals surface area contributed by atoms with Crippen molar-refractivity contribution in [3.63, 3.8) is 0 Å². The van der Waals surface area contributed by atoms with Crippen LogP contribution >= 0.6 is 11.6 Å². The van der Waals surface area contributed by atoms with E-state index in [0.717, 1.165) is 11.3 Å². The number of halogens is 1. The normalized spacial score (nSPS) is 17.0. The molecule has 2 amide bonds. The van der Waals surface area contributed by atoms with E-state index >= 15 is 0 Å². The molecule has 0 saturated carbocycles. The van der Waals surface area contributed by atoms with E-state index in [2.05, 4.69) is 19.2 Å². The van der Waals surface area contributed by atoms with Crippen LogP contribution in [0, 0.1) is 12.8 Å². The van der Waals surface area contributed by atoms with Gasteiger partial charge in [0.1, 0.15) is 0 Å². The van der Waals surface area contributed by atoms with Crippen LogP contribution in [0.25, 0.3) is 0 Å². The van der Waals surface area contributed by atoms with Crippen molar-refractivity contribution in [1.29, 1.82) is 0 Å². The minimum absolute atomic E-state index is 0.0237. The van der Waals surface area contributed by atoms with Gasteiger partial charge in [0.25, 0.3) is 0 Å². The van der Waals surface area contributed by atoms with Gasteiger partial charge in [-0.05, 0) is 48.2 Å². The van der Waals surface area contributed by atoms with Gasteiger partial charge >= 0.3 is 0 Å². The first kappa shape index (κ1) is 18.5. The predicted octanol–water partition coefficient (Wildman–Crippen LogP) is 4.76. The lowest BCUT2D eigenvalue weighted by Crippen LogP contribution is -2.28. The van der Waals surface area contributed by atoms with Gasteiger partial charge < -0.3 is 10.2 Å². The Bertz CT molecular complexity index is 830. The SMILES string of the molecule is Cc1ccc(NC(=O)C2CC(=O)N(c3ccc(C(C)C)cc3)C2)cc1Cl. The quantitative estimate of drug-likeness (QED) is 0.843. The smallest absolute Gasteiger partial charge is 0.229 e. The summed E-state index contributed by atoms with van der Waals surface area (Å²) in [4.78, 5) is 26.6. The van der Waals surface area contributed by atoms with E-state index in [4.69, 9.17) is 11.6 Å². The molecule has 26 heavy (non-hydrogen) atoms. The molecule has 1 aliphatic rings. The largest absolute Gasteiger partial charge is 0.326 e. The summed E-state index contributed by atoms with van der Waals surface area (Å²) in [5.41, 5.74) is 3.67. The van der Waals surface area contributed by atoms with Crippen LogP contribution in [-0.2, 0) is 9.59 Å². The van der Waals surface area contributed by atoms with E-state index < -0.39 is 0 Å². The molecule has 2 aromatic carbocycles. The minimum Gasteiger partial charge on any atom is -0.326 e. The molecule has 0 bridgehead atoms. The molecule has 0 spiro atoms. The van der Waals surface area contributed by atoms with E-state index in [-0.39, 0.29) is 24.2 Å². The molecular formula is C21H23ClN2O2. The van der Waals surface area contributed by atoms with Gasteiger partial charge in [-0.2, -0.15) is 0 Å². The second kappa shape index (κ2) is 7.50. The molecule has 1 heterocycles. The summed E-state index contributed by atoms with van der Waals surface area (Å²) in [6, 6.07) is 13.4. The number of anilines is 2. The van der Waals surface area contributed by atoms with Gasteiger partial charge in [-0.1, -0.05) is 43.6 Å². The molecule has 0 radical (unpaired) electrons. The van der Waals surface area contributed by atoms with E-state index in [1.165, 1.54) is 5.56 Å². The summed E-state index contributed by atoms with van der Waals surface area (Å²) < 4.78 is 0. The Labute approximate surface area is 159 Å². The average molecular weight is 371 g/mol. The Morgan fingerprint density at radius 2 is 1.88 bits per heavy atom. The third kappa shape index (κ3) is 3.91. The Balaban J connectivity index is 1.68. The molecule has 1 atom stereocenters. The molecule has 4 nitrogen and oxygen atoms in total. The minimum atomic E-state index is -0.368. The van der Waals surface area contributed by atoms with E-state index in [0.29, 0.717) is 23.2 Å². The molecule has 1 N–H and O–H groups in total. The fourth-order valence-electron chi connectivity index (χ4n) is 3.09. The topological polar surface area (TPSA) is 49.4 Å². The first-order valence-corrected chi connectivity index (χ1v) is 9.20. The average Bonchev–Trinajstić information content (AvgIpc) is 3.00. The van der Waals surface area contributed by atoms with E-state index in [1.807, 2.05) is 43.3 Å². The summed E-state index contributed by atoms with van der Waals surface area (Å²) in [5.74, 6) is -0.102.